The van der Waals surface area contributed by atoms with Gasteiger partial charge in [0.2, 0.25) is 0 Å². The summed E-state index contributed by atoms with van der Waals surface area (Å²) in [6.07, 6.45) is 1.39. The predicted octanol–water partition coefficient (Wildman–Crippen LogP) is 4.08. The Morgan fingerprint density at radius 2 is 2.21 bits per heavy atom. The third-order valence-electron chi connectivity index (χ3n) is 4.54. The monoisotopic (exact) mass is 432 g/mol. The van der Waals surface area contributed by atoms with E-state index in [0.29, 0.717) is 38.5 Å². The molecule has 2 heterocycles. The molecule has 3 rings (SSSR count). The first-order chi connectivity index (χ1) is 14.0. The van der Waals surface area contributed by atoms with Crippen LogP contribution in [0.5, 0.6) is 5.75 Å². The average Bonchev–Trinajstić information content (AvgIpc) is 3.02. The van der Waals surface area contributed by atoms with Crippen LogP contribution in [0, 0.1) is 11.3 Å². The van der Waals surface area contributed by atoms with Crippen LogP contribution < -0.4 is 10.5 Å². The Hall–Kier alpha value is -2.63. The van der Waals surface area contributed by atoms with Gasteiger partial charge in [0, 0.05) is 0 Å². The maximum atomic E-state index is 13.0. The number of nitriles is 1. The van der Waals surface area contributed by atoms with Crippen LogP contribution in [0.4, 0.5) is 0 Å². The second-order valence-electron chi connectivity index (χ2n) is 6.32. The summed E-state index contributed by atoms with van der Waals surface area (Å²) in [5, 5.41) is 10.4. The van der Waals surface area contributed by atoms with Crippen molar-refractivity contribution >= 4 is 34.5 Å². The number of thioether (sulfide) groups is 1. The number of halogens is 1. The van der Waals surface area contributed by atoms with Crippen LogP contribution in [0.25, 0.3) is 0 Å². The number of aliphatic imine (C=N–C) groups is 1. The average molecular weight is 433 g/mol. The Morgan fingerprint density at radius 1 is 1.45 bits per heavy atom. The normalized spacial score (nSPS) is 18.4. The van der Waals surface area contributed by atoms with Gasteiger partial charge in [0.15, 0.2) is 5.17 Å². The summed E-state index contributed by atoms with van der Waals surface area (Å²) in [7, 11) is 1.53. The minimum atomic E-state index is -0.607. The van der Waals surface area contributed by atoms with E-state index in [9.17, 15) is 10.1 Å². The molecule has 0 aromatic heterocycles. The second-order valence-corrected chi connectivity index (χ2v) is 7.70. The van der Waals surface area contributed by atoms with Gasteiger partial charge < -0.3 is 15.2 Å². The number of amidine groups is 1. The zero-order chi connectivity index (χ0) is 21.1. The molecular formula is C20H21ClN4O3S. The molecule has 0 amide bonds. The maximum Gasteiger partial charge on any atom is 0.338 e. The zero-order valence-electron chi connectivity index (χ0n) is 16.4. The molecule has 0 bridgehead atoms. The van der Waals surface area contributed by atoms with Gasteiger partial charge in [-0.2, -0.15) is 5.26 Å². The minimum Gasteiger partial charge on any atom is -0.495 e. The van der Waals surface area contributed by atoms with Crippen LogP contribution >= 0.6 is 23.4 Å². The fraction of sp³-hybridized carbons (Fsp3) is 0.350. The lowest BCUT2D eigenvalue weighted by atomic mass is 9.93. The summed E-state index contributed by atoms with van der Waals surface area (Å²) in [5.74, 6) is 0.317. The molecule has 1 atom stereocenters. The van der Waals surface area contributed by atoms with Gasteiger partial charge in [-0.3, -0.25) is 4.90 Å². The number of benzene rings is 1. The second kappa shape index (κ2) is 8.80. The van der Waals surface area contributed by atoms with Gasteiger partial charge in [-0.25, -0.2) is 9.79 Å². The highest BCUT2D eigenvalue weighted by molar-refractivity contribution is 8.17. The Balaban J connectivity index is 2.23. The SMILES string of the molecule is CCCC1=C(C(=O)OCC)[C@@H](c2ccc(OC)c(Cl)c2)N2C(=N1)SC(C#N)=C2N. The molecule has 29 heavy (non-hydrogen) atoms. The molecule has 0 saturated heterocycles. The fourth-order valence-electron chi connectivity index (χ4n) is 3.31. The third-order valence-corrected chi connectivity index (χ3v) is 5.81. The number of nitrogens with two attached hydrogens (primary N) is 1. The Labute approximate surface area is 178 Å². The standard InChI is InChI=1S/C20H21ClN4O3S/c1-4-6-13-16(19(26)28-5-2)17(11-7-8-14(27-3)12(21)9-11)25-18(23)15(10-22)29-20(25)24-13/h7-9,17H,4-6,23H2,1-3H3/t17-/m1/s1. The van der Waals surface area contributed by atoms with Gasteiger partial charge in [0.25, 0.3) is 0 Å². The number of fused-ring (bicyclic) bond motifs is 1. The molecule has 0 fully saturated rings. The molecule has 2 aliphatic rings. The number of esters is 1. The Morgan fingerprint density at radius 3 is 2.79 bits per heavy atom. The Kier molecular flexibility index (Phi) is 6.40. The first kappa shape index (κ1) is 21.1. The highest BCUT2D eigenvalue weighted by atomic mass is 35.5. The number of allylic oxidation sites excluding steroid dienone is 2. The topological polar surface area (TPSA) is 101 Å². The summed E-state index contributed by atoms with van der Waals surface area (Å²) in [4.78, 5) is 19.7. The van der Waals surface area contributed by atoms with Crippen LogP contribution in [0.3, 0.4) is 0 Å². The number of rotatable bonds is 6. The lowest BCUT2D eigenvalue weighted by Gasteiger charge is -2.35. The van der Waals surface area contributed by atoms with Crippen molar-refractivity contribution in [1.29, 1.82) is 5.26 Å². The van der Waals surface area contributed by atoms with Gasteiger partial charge in [-0.15, -0.1) is 0 Å². The van der Waals surface area contributed by atoms with Gasteiger partial charge in [0.1, 0.15) is 22.5 Å². The molecule has 0 spiro atoms. The molecule has 152 valence electrons. The molecule has 7 nitrogen and oxygen atoms in total. The molecular weight excluding hydrogens is 412 g/mol. The lowest BCUT2D eigenvalue weighted by molar-refractivity contribution is -0.139. The summed E-state index contributed by atoms with van der Waals surface area (Å²) in [6.45, 7) is 4.00. The number of ether oxygens (including phenoxy) is 2. The van der Waals surface area contributed by atoms with Gasteiger partial charge in [0.05, 0.1) is 36.1 Å². The summed E-state index contributed by atoms with van der Waals surface area (Å²) in [5.41, 5.74) is 8.03. The van der Waals surface area contributed by atoms with E-state index < -0.39 is 12.0 Å². The zero-order valence-corrected chi connectivity index (χ0v) is 17.9. The van der Waals surface area contributed by atoms with Crippen molar-refractivity contribution < 1.29 is 14.3 Å². The minimum absolute atomic E-state index is 0.234. The number of hydrogen-bond acceptors (Lipinski definition) is 8. The van der Waals surface area contributed by atoms with Crippen molar-refractivity contribution in [2.75, 3.05) is 13.7 Å². The highest BCUT2D eigenvalue weighted by Crippen LogP contribution is 2.47. The van der Waals surface area contributed by atoms with Crippen molar-refractivity contribution in [3.05, 3.63) is 50.8 Å². The maximum absolute atomic E-state index is 13.0. The molecule has 2 aliphatic heterocycles. The highest BCUT2D eigenvalue weighted by Gasteiger charge is 2.43. The Bertz CT molecular complexity index is 980. The van der Waals surface area contributed by atoms with E-state index in [-0.39, 0.29) is 12.4 Å². The van der Waals surface area contributed by atoms with E-state index in [1.165, 1.54) is 18.9 Å². The van der Waals surface area contributed by atoms with Crippen molar-refractivity contribution in [3.8, 4) is 11.8 Å². The van der Waals surface area contributed by atoms with Crippen molar-refractivity contribution in [2.24, 2.45) is 10.7 Å². The molecule has 0 unspecified atom stereocenters. The van der Waals surface area contributed by atoms with E-state index in [4.69, 9.17) is 26.8 Å². The molecule has 1 aromatic rings. The van der Waals surface area contributed by atoms with E-state index in [1.807, 2.05) is 13.0 Å². The molecule has 9 heteroatoms. The fourth-order valence-corrected chi connectivity index (χ4v) is 4.46. The van der Waals surface area contributed by atoms with Crippen LogP contribution in [-0.2, 0) is 9.53 Å². The predicted molar refractivity (Wildman–Crippen MR) is 113 cm³/mol. The largest absolute Gasteiger partial charge is 0.495 e. The summed E-state index contributed by atoms with van der Waals surface area (Å²) in [6, 6.07) is 6.79. The van der Waals surface area contributed by atoms with E-state index in [0.717, 1.165) is 12.0 Å². The summed E-state index contributed by atoms with van der Waals surface area (Å²) >= 11 is 7.56. The van der Waals surface area contributed by atoms with Crippen LogP contribution in [0.2, 0.25) is 5.02 Å². The number of carbonyl (C=O) groups excluding carboxylic acids is 1. The van der Waals surface area contributed by atoms with Crippen molar-refractivity contribution in [1.82, 2.24) is 4.90 Å². The smallest absolute Gasteiger partial charge is 0.338 e. The van der Waals surface area contributed by atoms with Gasteiger partial charge in [-0.1, -0.05) is 31.0 Å². The lowest BCUT2D eigenvalue weighted by Crippen LogP contribution is -2.39. The first-order valence-electron chi connectivity index (χ1n) is 9.15. The van der Waals surface area contributed by atoms with Crippen LogP contribution in [0.15, 0.2) is 45.2 Å². The van der Waals surface area contributed by atoms with Crippen molar-refractivity contribution in [2.45, 2.75) is 32.7 Å². The van der Waals surface area contributed by atoms with E-state index >= 15 is 0 Å². The van der Waals surface area contributed by atoms with Gasteiger partial charge >= 0.3 is 5.97 Å². The van der Waals surface area contributed by atoms with Crippen molar-refractivity contribution in [3.63, 3.8) is 0 Å². The van der Waals surface area contributed by atoms with Crippen LogP contribution in [-0.4, -0.2) is 29.8 Å². The van der Waals surface area contributed by atoms with Gasteiger partial charge in [-0.05, 0) is 42.8 Å². The number of nitrogens with zero attached hydrogens (tertiary/aromatic N) is 3. The number of carbonyl (C=O) groups is 1. The molecule has 1 aromatic carbocycles. The molecule has 0 radical (unpaired) electrons. The first-order valence-corrected chi connectivity index (χ1v) is 10.3. The number of methoxy groups -OCH3 is 1. The molecule has 2 N–H and O–H groups in total. The number of hydrogen-bond donors (Lipinski definition) is 1. The van der Waals surface area contributed by atoms with E-state index in [2.05, 4.69) is 11.1 Å². The molecule has 0 aliphatic carbocycles. The van der Waals surface area contributed by atoms with Crippen LogP contribution in [0.1, 0.15) is 38.3 Å². The summed E-state index contributed by atoms with van der Waals surface area (Å²) < 4.78 is 10.6. The third kappa shape index (κ3) is 3.80. The van der Waals surface area contributed by atoms with E-state index in [1.54, 1.807) is 24.0 Å². The quantitative estimate of drug-likeness (QED) is 0.676. The molecule has 0 saturated carbocycles.